The van der Waals surface area contributed by atoms with Crippen LogP contribution < -0.4 is 5.32 Å². The molecule has 2 fully saturated rings. The minimum absolute atomic E-state index is 0.0752. The highest BCUT2D eigenvalue weighted by Gasteiger charge is 2.42. The Morgan fingerprint density at radius 2 is 2.14 bits per heavy atom. The van der Waals surface area contributed by atoms with Crippen molar-refractivity contribution >= 4 is 29.1 Å². The molecule has 0 aromatic heterocycles. The highest BCUT2D eigenvalue weighted by atomic mass is 35.5. The third kappa shape index (κ3) is 3.37. The van der Waals surface area contributed by atoms with Crippen LogP contribution in [0.3, 0.4) is 0 Å². The van der Waals surface area contributed by atoms with E-state index in [2.05, 4.69) is 5.32 Å². The van der Waals surface area contributed by atoms with E-state index in [1.807, 2.05) is 12.1 Å². The predicted octanol–water partition coefficient (Wildman–Crippen LogP) is 4.65. The zero-order valence-corrected chi connectivity index (χ0v) is 13.6. The Morgan fingerprint density at radius 1 is 1.33 bits per heavy atom. The van der Waals surface area contributed by atoms with Gasteiger partial charge in [0.2, 0.25) is 0 Å². The molecule has 0 saturated heterocycles. The SMILES string of the molecule is O=C(NCC12CCCC(CC(Cl)C1)C2)c1ccccc1Cl. The summed E-state index contributed by atoms with van der Waals surface area (Å²) in [6.07, 6.45) is 7.10. The number of benzene rings is 1. The van der Waals surface area contributed by atoms with Crippen molar-refractivity contribution in [1.82, 2.24) is 5.32 Å². The fourth-order valence-electron chi connectivity index (χ4n) is 4.12. The Kier molecular flexibility index (Phi) is 4.46. The second-order valence-corrected chi connectivity index (χ2v) is 7.69. The van der Waals surface area contributed by atoms with E-state index in [0.717, 1.165) is 25.3 Å². The van der Waals surface area contributed by atoms with Gasteiger partial charge in [0.05, 0.1) is 10.6 Å². The molecular weight excluding hydrogens is 305 g/mol. The summed E-state index contributed by atoms with van der Waals surface area (Å²) in [7, 11) is 0. The summed E-state index contributed by atoms with van der Waals surface area (Å²) in [6.45, 7) is 0.719. The minimum atomic E-state index is -0.0752. The molecule has 1 N–H and O–H groups in total. The van der Waals surface area contributed by atoms with Gasteiger partial charge in [0, 0.05) is 11.9 Å². The maximum atomic E-state index is 12.3. The predicted molar refractivity (Wildman–Crippen MR) is 87.1 cm³/mol. The number of carbonyl (C=O) groups excluding carboxylic acids is 1. The fraction of sp³-hybridized carbons (Fsp3) is 0.588. The van der Waals surface area contributed by atoms with Crippen LogP contribution in [0.25, 0.3) is 0 Å². The fourth-order valence-corrected chi connectivity index (χ4v) is 4.93. The van der Waals surface area contributed by atoms with Crippen LogP contribution in [0.5, 0.6) is 0 Å². The normalized spacial score (nSPS) is 31.7. The number of amides is 1. The average molecular weight is 326 g/mol. The molecule has 3 atom stereocenters. The van der Waals surface area contributed by atoms with E-state index in [1.54, 1.807) is 12.1 Å². The van der Waals surface area contributed by atoms with Crippen LogP contribution in [0.15, 0.2) is 24.3 Å². The summed E-state index contributed by atoms with van der Waals surface area (Å²) in [5.74, 6) is 0.668. The number of halogens is 2. The molecule has 2 nitrogen and oxygen atoms in total. The van der Waals surface area contributed by atoms with Gasteiger partial charge in [-0.3, -0.25) is 4.79 Å². The Morgan fingerprint density at radius 3 is 2.95 bits per heavy atom. The van der Waals surface area contributed by atoms with Crippen LogP contribution in [0.4, 0.5) is 0 Å². The number of nitrogens with one attached hydrogen (secondary N) is 1. The first-order valence-electron chi connectivity index (χ1n) is 7.75. The summed E-state index contributed by atoms with van der Waals surface area (Å²) < 4.78 is 0. The smallest absolute Gasteiger partial charge is 0.252 e. The molecule has 3 unspecified atom stereocenters. The van der Waals surface area contributed by atoms with Gasteiger partial charge in [-0.25, -0.2) is 0 Å². The van der Waals surface area contributed by atoms with Gasteiger partial charge >= 0.3 is 0 Å². The number of carbonyl (C=O) groups is 1. The molecule has 114 valence electrons. The van der Waals surface area contributed by atoms with Crippen LogP contribution in [0.2, 0.25) is 5.02 Å². The van der Waals surface area contributed by atoms with Crippen LogP contribution in [-0.2, 0) is 0 Å². The molecule has 1 aromatic rings. The van der Waals surface area contributed by atoms with E-state index in [-0.39, 0.29) is 16.7 Å². The molecule has 2 bridgehead atoms. The Bertz CT molecular complexity index is 529. The van der Waals surface area contributed by atoms with E-state index in [0.29, 0.717) is 10.6 Å². The van der Waals surface area contributed by atoms with Crippen molar-refractivity contribution in [2.75, 3.05) is 6.54 Å². The Labute approximate surface area is 136 Å². The van der Waals surface area contributed by atoms with Crippen LogP contribution in [-0.4, -0.2) is 17.8 Å². The standard InChI is InChI=1S/C17H21Cl2NO/c18-13-8-12-4-3-7-17(9-12,10-13)11-20-16(21)14-5-1-2-6-15(14)19/h1-2,5-6,12-13H,3-4,7-11H2,(H,20,21). The van der Waals surface area contributed by atoms with Gasteiger partial charge in [0.15, 0.2) is 0 Å². The molecular formula is C17H21Cl2NO. The number of hydrogen-bond acceptors (Lipinski definition) is 1. The van der Waals surface area contributed by atoms with Gasteiger partial charge in [-0.05, 0) is 49.1 Å². The second-order valence-electron chi connectivity index (χ2n) is 6.66. The molecule has 21 heavy (non-hydrogen) atoms. The maximum absolute atomic E-state index is 12.3. The van der Waals surface area contributed by atoms with Crippen LogP contribution >= 0.6 is 23.2 Å². The molecule has 2 aliphatic carbocycles. The van der Waals surface area contributed by atoms with E-state index in [9.17, 15) is 4.79 Å². The van der Waals surface area contributed by atoms with Crippen molar-refractivity contribution in [2.24, 2.45) is 11.3 Å². The number of rotatable bonds is 3. The van der Waals surface area contributed by atoms with Crippen molar-refractivity contribution in [2.45, 2.75) is 43.9 Å². The lowest BCUT2D eigenvalue weighted by Gasteiger charge is -2.47. The van der Waals surface area contributed by atoms with Crippen molar-refractivity contribution in [3.63, 3.8) is 0 Å². The summed E-state index contributed by atoms with van der Waals surface area (Å²) >= 11 is 12.5. The summed E-state index contributed by atoms with van der Waals surface area (Å²) in [5.41, 5.74) is 0.756. The van der Waals surface area contributed by atoms with Gasteiger partial charge in [-0.15, -0.1) is 11.6 Å². The first kappa shape index (κ1) is 15.2. The molecule has 1 amide bonds. The zero-order chi connectivity index (χ0) is 14.9. The number of fused-ring (bicyclic) bond motifs is 2. The maximum Gasteiger partial charge on any atom is 0.252 e. The molecule has 2 saturated carbocycles. The van der Waals surface area contributed by atoms with Crippen LogP contribution in [0, 0.1) is 11.3 Å². The van der Waals surface area contributed by atoms with Gasteiger partial charge in [-0.1, -0.05) is 36.6 Å². The van der Waals surface area contributed by atoms with Crippen molar-refractivity contribution in [3.8, 4) is 0 Å². The topological polar surface area (TPSA) is 29.1 Å². The molecule has 0 radical (unpaired) electrons. The second kappa shape index (κ2) is 6.18. The third-order valence-electron chi connectivity index (χ3n) is 5.03. The lowest BCUT2D eigenvalue weighted by Crippen LogP contribution is -2.45. The first-order chi connectivity index (χ1) is 10.1. The number of hydrogen-bond donors (Lipinski definition) is 1. The number of alkyl halides is 1. The van der Waals surface area contributed by atoms with E-state index < -0.39 is 0 Å². The Balaban J connectivity index is 1.66. The molecule has 0 spiro atoms. The lowest BCUT2D eigenvalue weighted by atomic mass is 9.62. The molecule has 0 aliphatic heterocycles. The lowest BCUT2D eigenvalue weighted by molar-refractivity contribution is 0.0698. The summed E-state index contributed by atoms with van der Waals surface area (Å²) in [4.78, 5) is 12.3. The Hall–Kier alpha value is -0.730. The monoisotopic (exact) mass is 325 g/mol. The summed E-state index contributed by atoms with van der Waals surface area (Å²) in [5, 5.41) is 3.87. The third-order valence-corrected chi connectivity index (χ3v) is 5.69. The largest absolute Gasteiger partial charge is 0.351 e. The summed E-state index contributed by atoms with van der Waals surface area (Å²) in [6, 6.07) is 7.19. The minimum Gasteiger partial charge on any atom is -0.351 e. The van der Waals surface area contributed by atoms with Gasteiger partial charge in [-0.2, -0.15) is 0 Å². The van der Waals surface area contributed by atoms with Gasteiger partial charge in [0.1, 0.15) is 0 Å². The highest BCUT2D eigenvalue weighted by Crippen LogP contribution is 2.49. The zero-order valence-electron chi connectivity index (χ0n) is 12.1. The van der Waals surface area contributed by atoms with E-state index >= 15 is 0 Å². The van der Waals surface area contributed by atoms with Crippen LogP contribution in [0.1, 0.15) is 48.9 Å². The van der Waals surface area contributed by atoms with Crippen molar-refractivity contribution in [1.29, 1.82) is 0 Å². The van der Waals surface area contributed by atoms with E-state index in [1.165, 1.54) is 25.7 Å². The van der Waals surface area contributed by atoms with E-state index in [4.69, 9.17) is 23.2 Å². The molecule has 2 aliphatic rings. The molecule has 4 heteroatoms. The average Bonchev–Trinajstić information content (AvgIpc) is 2.45. The first-order valence-corrected chi connectivity index (χ1v) is 8.56. The van der Waals surface area contributed by atoms with Gasteiger partial charge < -0.3 is 5.32 Å². The molecule has 1 aromatic carbocycles. The highest BCUT2D eigenvalue weighted by molar-refractivity contribution is 6.33. The van der Waals surface area contributed by atoms with Gasteiger partial charge in [0.25, 0.3) is 5.91 Å². The van der Waals surface area contributed by atoms with Crippen molar-refractivity contribution < 1.29 is 4.79 Å². The molecule has 3 rings (SSSR count). The quantitative estimate of drug-likeness (QED) is 0.805. The molecule has 0 heterocycles. The van der Waals surface area contributed by atoms with Crippen molar-refractivity contribution in [3.05, 3.63) is 34.9 Å².